The third-order valence-corrected chi connectivity index (χ3v) is 3.78. The number of piperazine rings is 1. The lowest BCUT2D eigenvalue weighted by Gasteiger charge is -2.43. The topological polar surface area (TPSA) is 24.5 Å². The van der Waals surface area contributed by atoms with Crippen LogP contribution in [0, 0.1) is 5.41 Å². The Kier molecular flexibility index (Phi) is 5.02. The molecule has 0 bridgehead atoms. The molecule has 1 aromatic carbocycles. The summed E-state index contributed by atoms with van der Waals surface area (Å²) >= 11 is 0. The number of alkyl halides is 3. The van der Waals surface area contributed by atoms with Gasteiger partial charge in [0, 0.05) is 37.8 Å². The van der Waals surface area contributed by atoms with Crippen molar-refractivity contribution in [1.82, 2.24) is 10.2 Å². The van der Waals surface area contributed by atoms with Gasteiger partial charge in [0.25, 0.3) is 0 Å². The number of para-hydroxylation sites is 1. The van der Waals surface area contributed by atoms with Gasteiger partial charge in [-0.15, -0.1) is 13.2 Å². The van der Waals surface area contributed by atoms with Crippen molar-refractivity contribution in [3.8, 4) is 5.75 Å². The molecule has 22 heavy (non-hydrogen) atoms. The first-order chi connectivity index (χ1) is 10.2. The summed E-state index contributed by atoms with van der Waals surface area (Å²) in [5.74, 6) is -0.103. The van der Waals surface area contributed by atoms with Crippen LogP contribution in [0.4, 0.5) is 13.2 Å². The zero-order valence-electron chi connectivity index (χ0n) is 13.2. The molecule has 1 heterocycles. The van der Waals surface area contributed by atoms with E-state index in [-0.39, 0.29) is 17.2 Å². The Hall–Kier alpha value is -1.27. The van der Waals surface area contributed by atoms with Gasteiger partial charge in [0.2, 0.25) is 0 Å². The zero-order chi connectivity index (χ0) is 16.4. The minimum atomic E-state index is -4.68. The first-order valence-corrected chi connectivity index (χ1v) is 7.48. The van der Waals surface area contributed by atoms with Crippen molar-refractivity contribution < 1.29 is 17.9 Å². The van der Waals surface area contributed by atoms with Gasteiger partial charge in [-0.2, -0.15) is 0 Å². The first kappa shape index (κ1) is 17.1. The van der Waals surface area contributed by atoms with E-state index in [9.17, 15) is 13.2 Å². The smallest absolute Gasteiger partial charge is 0.405 e. The van der Waals surface area contributed by atoms with Gasteiger partial charge in [0.05, 0.1) is 0 Å². The molecule has 0 amide bonds. The quantitative estimate of drug-likeness (QED) is 0.922. The molecule has 1 saturated heterocycles. The van der Waals surface area contributed by atoms with Gasteiger partial charge in [-0.25, -0.2) is 0 Å². The highest BCUT2D eigenvalue weighted by Gasteiger charge is 2.37. The highest BCUT2D eigenvalue weighted by Crippen LogP contribution is 2.42. The molecule has 0 radical (unpaired) electrons. The zero-order valence-corrected chi connectivity index (χ0v) is 13.2. The summed E-state index contributed by atoms with van der Waals surface area (Å²) in [6.45, 7) is 9.44. The number of halogens is 3. The number of rotatable bonds is 3. The fraction of sp³-hybridized carbons (Fsp3) is 0.625. The largest absolute Gasteiger partial charge is 0.573 e. The molecule has 1 N–H and O–H groups in total. The van der Waals surface area contributed by atoms with E-state index in [1.807, 2.05) is 20.8 Å². The predicted molar refractivity (Wildman–Crippen MR) is 79.8 cm³/mol. The molecule has 1 aliphatic rings. The van der Waals surface area contributed by atoms with Gasteiger partial charge in [-0.3, -0.25) is 4.90 Å². The van der Waals surface area contributed by atoms with Crippen LogP contribution in [0.15, 0.2) is 24.3 Å². The molecule has 6 heteroatoms. The fourth-order valence-corrected chi connectivity index (χ4v) is 3.08. The molecule has 1 atom stereocenters. The minimum Gasteiger partial charge on any atom is -0.405 e. The molecule has 0 aromatic heterocycles. The molecular weight excluding hydrogens is 293 g/mol. The Bertz CT molecular complexity index is 491. The van der Waals surface area contributed by atoms with Crippen LogP contribution in [-0.2, 0) is 0 Å². The van der Waals surface area contributed by atoms with Crippen molar-refractivity contribution in [2.75, 3.05) is 26.2 Å². The third-order valence-electron chi connectivity index (χ3n) is 3.78. The Morgan fingerprint density at radius 3 is 2.23 bits per heavy atom. The average Bonchev–Trinajstić information content (AvgIpc) is 2.39. The van der Waals surface area contributed by atoms with Gasteiger partial charge in [-0.1, -0.05) is 39.0 Å². The number of nitrogens with zero attached hydrogens (tertiary/aromatic N) is 1. The van der Waals surface area contributed by atoms with Crippen molar-refractivity contribution in [2.45, 2.75) is 33.2 Å². The molecular formula is C16H23F3N2O. The summed E-state index contributed by atoms with van der Waals surface area (Å²) in [6.07, 6.45) is -4.68. The van der Waals surface area contributed by atoms with Crippen molar-refractivity contribution in [3.63, 3.8) is 0 Å². The Balaban J connectivity index is 2.39. The minimum absolute atomic E-state index is 0.103. The van der Waals surface area contributed by atoms with Crippen molar-refractivity contribution in [1.29, 1.82) is 0 Å². The standard InChI is InChI=1S/C16H23F3N2O/c1-15(2,3)14(21-10-8-20-9-11-21)12-6-4-5-7-13(12)22-16(17,18)19/h4-7,14,20H,8-11H2,1-3H3/t14-/m0/s1. The fourth-order valence-electron chi connectivity index (χ4n) is 3.08. The molecule has 0 spiro atoms. The molecule has 1 fully saturated rings. The highest BCUT2D eigenvalue weighted by molar-refractivity contribution is 5.37. The Morgan fingerprint density at radius 1 is 1.09 bits per heavy atom. The van der Waals surface area contributed by atoms with E-state index >= 15 is 0 Å². The van der Waals surface area contributed by atoms with Gasteiger partial charge in [0.1, 0.15) is 5.75 Å². The van der Waals surface area contributed by atoms with Gasteiger partial charge in [0.15, 0.2) is 0 Å². The van der Waals surface area contributed by atoms with Gasteiger partial charge >= 0.3 is 6.36 Å². The second kappa shape index (κ2) is 6.46. The maximum Gasteiger partial charge on any atom is 0.573 e. The van der Waals surface area contributed by atoms with Crippen LogP contribution >= 0.6 is 0 Å². The summed E-state index contributed by atoms with van der Waals surface area (Å²) in [6, 6.07) is 6.33. The van der Waals surface area contributed by atoms with Crippen LogP contribution < -0.4 is 10.1 Å². The third kappa shape index (κ3) is 4.36. The lowest BCUT2D eigenvalue weighted by molar-refractivity contribution is -0.275. The number of hydrogen-bond acceptors (Lipinski definition) is 3. The first-order valence-electron chi connectivity index (χ1n) is 7.48. The van der Waals surface area contributed by atoms with Crippen LogP contribution in [0.5, 0.6) is 5.75 Å². The van der Waals surface area contributed by atoms with Gasteiger partial charge < -0.3 is 10.1 Å². The number of ether oxygens (including phenoxy) is 1. The highest BCUT2D eigenvalue weighted by atomic mass is 19.4. The number of nitrogens with one attached hydrogen (secondary N) is 1. The molecule has 0 saturated carbocycles. The summed E-state index contributed by atoms with van der Waals surface area (Å²) < 4.78 is 42.3. The van der Waals surface area contributed by atoms with E-state index in [2.05, 4.69) is 15.0 Å². The normalized spacial score (nSPS) is 19.0. The van der Waals surface area contributed by atoms with E-state index in [4.69, 9.17) is 0 Å². The molecule has 3 nitrogen and oxygen atoms in total. The molecule has 124 valence electrons. The summed E-state index contributed by atoms with van der Waals surface area (Å²) in [5.41, 5.74) is 0.386. The van der Waals surface area contributed by atoms with E-state index in [1.54, 1.807) is 18.2 Å². The van der Waals surface area contributed by atoms with Crippen LogP contribution in [0.3, 0.4) is 0 Å². The maximum atomic E-state index is 12.7. The summed E-state index contributed by atoms with van der Waals surface area (Å²) in [4.78, 5) is 2.23. The molecule has 0 aliphatic carbocycles. The SMILES string of the molecule is CC(C)(C)[C@H](c1ccccc1OC(F)(F)F)N1CCNCC1. The van der Waals surface area contributed by atoms with E-state index < -0.39 is 6.36 Å². The van der Waals surface area contributed by atoms with E-state index in [0.29, 0.717) is 5.56 Å². The van der Waals surface area contributed by atoms with Crippen molar-refractivity contribution in [2.24, 2.45) is 5.41 Å². The molecule has 0 unspecified atom stereocenters. The summed E-state index contributed by atoms with van der Waals surface area (Å²) in [5, 5.41) is 3.27. The number of benzene rings is 1. The second-order valence-corrected chi connectivity index (χ2v) is 6.64. The Morgan fingerprint density at radius 2 is 1.68 bits per heavy atom. The van der Waals surface area contributed by atoms with Crippen LogP contribution in [0.2, 0.25) is 0 Å². The average molecular weight is 316 g/mol. The lowest BCUT2D eigenvalue weighted by Crippen LogP contribution is -2.48. The van der Waals surface area contributed by atoms with Crippen LogP contribution in [-0.4, -0.2) is 37.4 Å². The van der Waals surface area contributed by atoms with Crippen molar-refractivity contribution >= 4 is 0 Å². The maximum absolute atomic E-state index is 12.7. The predicted octanol–water partition coefficient (Wildman–Crippen LogP) is 3.58. The monoisotopic (exact) mass is 316 g/mol. The molecule has 1 aromatic rings. The summed E-state index contributed by atoms with van der Waals surface area (Å²) in [7, 11) is 0. The van der Waals surface area contributed by atoms with Crippen LogP contribution in [0.25, 0.3) is 0 Å². The number of hydrogen-bond donors (Lipinski definition) is 1. The lowest BCUT2D eigenvalue weighted by atomic mass is 9.80. The van der Waals surface area contributed by atoms with E-state index in [1.165, 1.54) is 6.07 Å². The van der Waals surface area contributed by atoms with E-state index in [0.717, 1.165) is 26.2 Å². The molecule has 1 aliphatic heterocycles. The van der Waals surface area contributed by atoms with Crippen molar-refractivity contribution in [3.05, 3.63) is 29.8 Å². The second-order valence-electron chi connectivity index (χ2n) is 6.64. The van der Waals surface area contributed by atoms with Gasteiger partial charge in [-0.05, 0) is 11.5 Å². The van der Waals surface area contributed by atoms with Crippen LogP contribution in [0.1, 0.15) is 32.4 Å². The molecule has 2 rings (SSSR count). The Labute approximate surface area is 129 Å².